The molecule has 1 aliphatic heterocycles. The maximum Gasteiger partial charge on any atom is 0.429 e. The number of ether oxygens (including phenoxy) is 3. The number of benzene rings is 2. The molecule has 2 aromatic rings. The first kappa shape index (κ1) is 25.4. The zero-order valence-corrected chi connectivity index (χ0v) is 16.9. The highest BCUT2D eigenvalue weighted by Gasteiger charge is 2.40. The summed E-state index contributed by atoms with van der Waals surface area (Å²) in [6.45, 7) is 5.11. The van der Waals surface area contributed by atoms with Crippen LogP contribution in [0.15, 0.2) is 24.3 Å². The molecular weight excluding hydrogens is 449 g/mol. The zero-order valence-electron chi connectivity index (χ0n) is 16.9. The summed E-state index contributed by atoms with van der Waals surface area (Å²) in [4.78, 5) is 10.1. The van der Waals surface area contributed by atoms with Crippen LogP contribution in [0.25, 0.3) is 0 Å². The van der Waals surface area contributed by atoms with Crippen molar-refractivity contribution in [1.82, 2.24) is 0 Å². The van der Waals surface area contributed by atoms with Crippen LogP contribution in [0.3, 0.4) is 0 Å². The van der Waals surface area contributed by atoms with E-state index in [4.69, 9.17) is 4.74 Å². The van der Waals surface area contributed by atoms with Gasteiger partial charge in [0.1, 0.15) is 11.3 Å². The van der Waals surface area contributed by atoms with Crippen LogP contribution in [0.4, 0.5) is 30.7 Å². The van der Waals surface area contributed by atoms with Crippen molar-refractivity contribution >= 4 is 6.47 Å². The van der Waals surface area contributed by atoms with E-state index in [0.717, 1.165) is 12.5 Å². The largest absolute Gasteiger partial charge is 0.429 e. The summed E-state index contributed by atoms with van der Waals surface area (Å²) in [5, 5.41) is 0. The Morgan fingerprint density at radius 3 is 2.09 bits per heavy atom. The van der Waals surface area contributed by atoms with E-state index >= 15 is 0 Å². The highest BCUT2D eigenvalue weighted by molar-refractivity contribution is 5.46. The number of alkyl halides is 2. The summed E-state index contributed by atoms with van der Waals surface area (Å²) in [6.07, 6.45) is -1.45. The van der Waals surface area contributed by atoms with E-state index in [1.807, 2.05) is 0 Å². The van der Waals surface area contributed by atoms with Crippen LogP contribution >= 0.6 is 0 Å². The molecule has 0 amide bonds. The Morgan fingerprint density at radius 1 is 0.969 bits per heavy atom. The fourth-order valence-corrected chi connectivity index (χ4v) is 2.71. The number of carbonyl (C=O) groups is 1. The van der Waals surface area contributed by atoms with Crippen molar-refractivity contribution < 1.29 is 49.7 Å². The summed E-state index contributed by atoms with van der Waals surface area (Å²) >= 11 is 0. The van der Waals surface area contributed by atoms with Crippen LogP contribution in [0.1, 0.15) is 32.3 Å². The second-order valence-corrected chi connectivity index (χ2v) is 7.10. The van der Waals surface area contributed by atoms with Gasteiger partial charge in [0.15, 0.2) is 29.0 Å². The van der Waals surface area contributed by atoms with Crippen LogP contribution in [-0.2, 0) is 15.6 Å². The molecule has 0 bridgehead atoms. The summed E-state index contributed by atoms with van der Waals surface area (Å²) in [7, 11) is 0. The molecule has 32 heavy (non-hydrogen) atoms. The Morgan fingerprint density at radius 2 is 1.59 bits per heavy atom. The molecule has 1 saturated heterocycles. The smallest absolute Gasteiger partial charge is 0.429 e. The predicted octanol–water partition coefficient (Wildman–Crippen LogP) is 5.87. The lowest BCUT2D eigenvalue weighted by Crippen LogP contribution is -2.24. The number of hydrogen-bond acceptors (Lipinski definition) is 4. The lowest BCUT2D eigenvalue weighted by Gasteiger charge is -2.23. The van der Waals surface area contributed by atoms with Crippen molar-refractivity contribution in [3.05, 3.63) is 58.9 Å². The number of hydrogen-bond donors (Lipinski definition) is 0. The van der Waals surface area contributed by atoms with Gasteiger partial charge in [0.25, 0.3) is 6.47 Å². The second kappa shape index (κ2) is 10.7. The third kappa shape index (κ3) is 6.35. The molecular formula is C21H19F7O4. The molecule has 0 aliphatic carbocycles. The van der Waals surface area contributed by atoms with E-state index in [9.17, 15) is 35.5 Å². The van der Waals surface area contributed by atoms with E-state index in [0.29, 0.717) is 18.2 Å². The van der Waals surface area contributed by atoms with Crippen LogP contribution in [0.5, 0.6) is 11.5 Å². The van der Waals surface area contributed by atoms with Gasteiger partial charge in [-0.25, -0.2) is 17.6 Å². The zero-order chi connectivity index (χ0) is 24.1. The number of carbonyl (C=O) groups excluding carboxylic acids is 1. The molecule has 1 aliphatic rings. The van der Waals surface area contributed by atoms with Crippen molar-refractivity contribution in [3.8, 4) is 11.5 Å². The van der Waals surface area contributed by atoms with Crippen LogP contribution in [0, 0.1) is 35.0 Å². The standard InChI is InChI=1S/C14H5F7O3.C7H14O/c15-8-3-6(4-9(16)12(8)18)24-14(20,21)7-1-2-10(23-5-22)13(19)11(7)17;1-6-3-4-7(2)8-5-6/h1-5H;6-7H,3-5H2,1-2H3. The van der Waals surface area contributed by atoms with Gasteiger partial charge in [-0.2, -0.15) is 13.2 Å². The Bertz CT molecular complexity index is 911. The van der Waals surface area contributed by atoms with Gasteiger partial charge in [0.05, 0.1) is 6.10 Å². The number of rotatable bonds is 5. The van der Waals surface area contributed by atoms with Gasteiger partial charge in [-0.05, 0) is 37.8 Å². The first-order valence-corrected chi connectivity index (χ1v) is 9.38. The summed E-state index contributed by atoms with van der Waals surface area (Å²) < 4.78 is 107. The lowest BCUT2D eigenvalue weighted by molar-refractivity contribution is -0.188. The van der Waals surface area contributed by atoms with Gasteiger partial charge in [0.2, 0.25) is 5.82 Å². The Kier molecular flexibility index (Phi) is 8.48. The van der Waals surface area contributed by atoms with Crippen molar-refractivity contribution in [2.24, 2.45) is 5.92 Å². The first-order chi connectivity index (χ1) is 15.0. The van der Waals surface area contributed by atoms with Crippen LogP contribution < -0.4 is 9.47 Å². The van der Waals surface area contributed by atoms with E-state index in [2.05, 4.69) is 23.3 Å². The number of halogens is 7. The van der Waals surface area contributed by atoms with Gasteiger partial charge in [-0.3, -0.25) is 4.79 Å². The second-order valence-electron chi connectivity index (χ2n) is 7.10. The van der Waals surface area contributed by atoms with E-state index in [1.165, 1.54) is 12.8 Å². The van der Waals surface area contributed by atoms with E-state index in [1.54, 1.807) is 0 Å². The SMILES string of the molecule is CC1CCC(C)OC1.O=COc1ccc(C(F)(F)Oc2cc(F)c(F)c(F)c2)c(F)c1F. The maximum absolute atomic E-state index is 13.9. The molecule has 2 atom stereocenters. The van der Waals surface area contributed by atoms with Gasteiger partial charge < -0.3 is 14.2 Å². The summed E-state index contributed by atoms with van der Waals surface area (Å²) in [5.74, 6) is -10.9. The lowest BCUT2D eigenvalue weighted by atomic mass is 10.0. The summed E-state index contributed by atoms with van der Waals surface area (Å²) in [5.41, 5.74) is -1.64. The molecule has 0 aromatic heterocycles. The average molecular weight is 468 g/mol. The normalized spacial score (nSPS) is 18.4. The molecule has 11 heteroatoms. The minimum Gasteiger partial charge on any atom is -0.429 e. The third-order valence-corrected chi connectivity index (χ3v) is 4.47. The molecule has 1 heterocycles. The van der Waals surface area contributed by atoms with Crippen LogP contribution in [-0.4, -0.2) is 19.2 Å². The average Bonchev–Trinajstić information content (AvgIpc) is 2.72. The fraction of sp³-hybridized carbons (Fsp3) is 0.381. The van der Waals surface area contributed by atoms with Crippen LogP contribution in [0.2, 0.25) is 0 Å². The Balaban J connectivity index is 0.000000380. The quantitative estimate of drug-likeness (QED) is 0.313. The molecule has 176 valence electrons. The maximum atomic E-state index is 13.9. The molecule has 1 fully saturated rings. The predicted molar refractivity (Wildman–Crippen MR) is 97.7 cm³/mol. The molecule has 0 radical (unpaired) electrons. The van der Waals surface area contributed by atoms with Gasteiger partial charge in [-0.15, -0.1) is 0 Å². The fourth-order valence-electron chi connectivity index (χ4n) is 2.71. The molecule has 0 N–H and O–H groups in total. The van der Waals surface area contributed by atoms with Crippen molar-refractivity contribution in [3.63, 3.8) is 0 Å². The van der Waals surface area contributed by atoms with Gasteiger partial charge in [-0.1, -0.05) is 6.92 Å². The Labute approximate surface area is 178 Å². The van der Waals surface area contributed by atoms with Gasteiger partial charge >= 0.3 is 6.11 Å². The minimum atomic E-state index is -4.57. The van der Waals surface area contributed by atoms with Gasteiger partial charge in [0, 0.05) is 18.7 Å². The third-order valence-electron chi connectivity index (χ3n) is 4.47. The van der Waals surface area contributed by atoms with E-state index < -0.39 is 52.3 Å². The Hall–Kier alpha value is -2.82. The highest BCUT2D eigenvalue weighted by Crippen LogP contribution is 2.36. The first-order valence-electron chi connectivity index (χ1n) is 9.38. The topological polar surface area (TPSA) is 44.8 Å². The molecule has 2 unspecified atom stereocenters. The monoisotopic (exact) mass is 468 g/mol. The van der Waals surface area contributed by atoms with E-state index in [-0.39, 0.29) is 18.6 Å². The van der Waals surface area contributed by atoms with Crippen molar-refractivity contribution in [2.45, 2.75) is 38.9 Å². The highest BCUT2D eigenvalue weighted by atomic mass is 19.3. The molecule has 0 saturated carbocycles. The minimum absolute atomic E-state index is 0.102. The molecule has 2 aromatic carbocycles. The molecule has 4 nitrogen and oxygen atoms in total. The molecule has 0 spiro atoms. The van der Waals surface area contributed by atoms with Crippen molar-refractivity contribution in [2.75, 3.05) is 6.61 Å². The molecule has 3 rings (SSSR count). The van der Waals surface area contributed by atoms with Crippen molar-refractivity contribution in [1.29, 1.82) is 0 Å². The summed E-state index contributed by atoms with van der Waals surface area (Å²) in [6, 6.07) is 1.06.